The van der Waals surface area contributed by atoms with Crippen LogP contribution < -0.4 is 10.2 Å². The summed E-state index contributed by atoms with van der Waals surface area (Å²) in [6, 6.07) is 4.06. The fourth-order valence-electron chi connectivity index (χ4n) is 3.04. The molecule has 0 aliphatic carbocycles. The van der Waals surface area contributed by atoms with E-state index in [0.717, 1.165) is 32.4 Å². The molecule has 1 fully saturated rings. The summed E-state index contributed by atoms with van der Waals surface area (Å²) >= 11 is 1.68. The highest BCUT2D eigenvalue weighted by atomic mass is 32.1. The Morgan fingerprint density at radius 3 is 3.08 bits per heavy atom. The predicted octanol–water partition coefficient (Wildman–Crippen LogP) is 3.34. The predicted molar refractivity (Wildman–Crippen MR) is 95.8 cm³/mol. The van der Waals surface area contributed by atoms with Gasteiger partial charge >= 0.3 is 5.69 Å². The zero-order valence-electron chi connectivity index (χ0n) is 13.6. The van der Waals surface area contributed by atoms with Gasteiger partial charge < -0.3 is 10.2 Å². The van der Waals surface area contributed by atoms with E-state index in [0.29, 0.717) is 24.1 Å². The van der Waals surface area contributed by atoms with Crippen molar-refractivity contribution in [3.05, 3.63) is 38.8 Å². The summed E-state index contributed by atoms with van der Waals surface area (Å²) in [4.78, 5) is 22.8. The number of nitrogens with zero attached hydrogens (tertiary/aromatic N) is 4. The van der Waals surface area contributed by atoms with Gasteiger partial charge in [-0.15, -0.1) is 11.3 Å². The third-order valence-electron chi connectivity index (χ3n) is 4.19. The maximum atomic E-state index is 11.6. The molecule has 1 aliphatic rings. The van der Waals surface area contributed by atoms with Crippen molar-refractivity contribution in [2.24, 2.45) is 5.92 Å². The van der Waals surface area contributed by atoms with Crippen LogP contribution in [0.15, 0.2) is 23.8 Å². The van der Waals surface area contributed by atoms with E-state index in [1.807, 2.05) is 16.3 Å². The van der Waals surface area contributed by atoms with Crippen LogP contribution in [0.4, 0.5) is 17.3 Å². The van der Waals surface area contributed by atoms with Crippen LogP contribution in [0.3, 0.4) is 0 Å². The third kappa shape index (κ3) is 3.81. The van der Waals surface area contributed by atoms with Gasteiger partial charge in [0.1, 0.15) is 6.33 Å². The molecule has 1 atom stereocenters. The van der Waals surface area contributed by atoms with Crippen molar-refractivity contribution < 1.29 is 4.92 Å². The molecule has 0 amide bonds. The monoisotopic (exact) mass is 347 g/mol. The van der Waals surface area contributed by atoms with E-state index < -0.39 is 0 Å². The third-order valence-corrected chi connectivity index (χ3v) is 5.12. The molecule has 1 aliphatic heterocycles. The number of thiophene rings is 1. The second kappa shape index (κ2) is 7.57. The van der Waals surface area contributed by atoms with Crippen LogP contribution in [0.25, 0.3) is 0 Å². The van der Waals surface area contributed by atoms with Gasteiger partial charge in [0.25, 0.3) is 0 Å². The van der Waals surface area contributed by atoms with Crippen molar-refractivity contribution in [2.45, 2.75) is 26.2 Å². The average molecular weight is 347 g/mol. The van der Waals surface area contributed by atoms with Crippen molar-refractivity contribution >= 4 is 28.7 Å². The molecular weight excluding hydrogens is 326 g/mol. The van der Waals surface area contributed by atoms with E-state index in [1.54, 1.807) is 11.3 Å². The highest BCUT2D eigenvalue weighted by Gasteiger charge is 2.29. The molecule has 1 unspecified atom stereocenters. The first-order valence-electron chi connectivity index (χ1n) is 8.15. The molecule has 0 spiro atoms. The smallest absolute Gasteiger partial charge is 0.353 e. The number of aromatic nitrogens is 2. The van der Waals surface area contributed by atoms with E-state index in [4.69, 9.17) is 0 Å². The Balaban J connectivity index is 1.78. The molecule has 0 radical (unpaired) electrons. The van der Waals surface area contributed by atoms with E-state index in [1.165, 1.54) is 11.2 Å². The summed E-state index contributed by atoms with van der Waals surface area (Å²) in [5, 5.41) is 16.8. The fraction of sp³-hybridized carbons (Fsp3) is 0.500. The van der Waals surface area contributed by atoms with Gasteiger partial charge in [0, 0.05) is 24.5 Å². The van der Waals surface area contributed by atoms with Crippen LogP contribution in [0.2, 0.25) is 0 Å². The van der Waals surface area contributed by atoms with E-state index in [-0.39, 0.29) is 10.6 Å². The number of nitro groups is 1. The molecule has 24 heavy (non-hydrogen) atoms. The minimum absolute atomic E-state index is 0.0159. The van der Waals surface area contributed by atoms with Gasteiger partial charge in [0.2, 0.25) is 11.6 Å². The number of anilines is 2. The van der Waals surface area contributed by atoms with E-state index in [2.05, 4.69) is 28.3 Å². The Morgan fingerprint density at radius 2 is 2.38 bits per heavy atom. The van der Waals surface area contributed by atoms with Crippen molar-refractivity contribution in [1.82, 2.24) is 9.97 Å². The summed E-state index contributed by atoms with van der Waals surface area (Å²) in [6.07, 6.45) is 4.41. The van der Waals surface area contributed by atoms with Crippen molar-refractivity contribution in [2.75, 3.05) is 29.9 Å². The van der Waals surface area contributed by atoms with Crippen LogP contribution in [0.5, 0.6) is 0 Å². The molecule has 3 heterocycles. The fourth-order valence-corrected chi connectivity index (χ4v) is 3.75. The summed E-state index contributed by atoms with van der Waals surface area (Å²) in [5.74, 6) is 1.25. The molecular formula is C16H21N5O2S. The molecule has 7 nitrogen and oxygen atoms in total. The van der Waals surface area contributed by atoms with Gasteiger partial charge in [-0.05, 0) is 36.6 Å². The van der Waals surface area contributed by atoms with Gasteiger partial charge in [0.05, 0.1) is 4.92 Å². The van der Waals surface area contributed by atoms with E-state index in [9.17, 15) is 10.1 Å². The van der Waals surface area contributed by atoms with Crippen molar-refractivity contribution in [1.29, 1.82) is 0 Å². The molecule has 0 bridgehead atoms. The minimum atomic E-state index is -0.373. The zero-order chi connectivity index (χ0) is 16.9. The normalized spacial score (nSPS) is 17.7. The molecule has 2 aromatic heterocycles. The van der Waals surface area contributed by atoms with Crippen LogP contribution in [-0.4, -0.2) is 34.5 Å². The van der Waals surface area contributed by atoms with Gasteiger partial charge in [-0.1, -0.05) is 13.0 Å². The van der Waals surface area contributed by atoms with Gasteiger partial charge in [-0.25, -0.2) is 9.97 Å². The van der Waals surface area contributed by atoms with Crippen molar-refractivity contribution in [3.8, 4) is 0 Å². The summed E-state index contributed by atoms with van der Waals surface area (Å²) in [6.45, 7) is 4.37. The lowest BCUT2D eigenvalue weighted by atomic mass is 10.0. The van der Waals surface area contributed by atoms with Crippen molar-refractivity contribution in [3.63, 3.8) is 0 Å². The zero-order valence-corrected chi connectivity index (χ0v) is 14.5. The molecule has 1 N–H and O–H groups in total. The average Bonchev–Trinajstić information content (AvgIpc) is 3.08. The second-order valence-electron chi connectivity index (χ2n) is 6.10. The Hall–Kier alpha value is -2.22. The first-order valence-corrected chi connectivity index (χ1v) is 9.03. The Morgan fingerprint density at radius 1 is 1.50 bits per heavy atom. The topological polar surface area (TPSA) is 84.2 Å². The van der Waals surface area contributed by atoms with Crippen LogP contribution in [-0.2, 0) is 6.42 Å². The summed E-state index contributed by atoms with van der Waals surface area (Å²) < 4.78 is 0. The second-order valence-corrected chi connectivity index (χ2v) is 7.13. The number of piperidine rings is 1. The maximum absolute atomic E-state index is 11.6. The Kier molecular flexibility index (Phi) is 5.24. The van der Waals surface area contributed by atoms with Crippen LogP contribution >= 0.6 is 11.3 Å². The molecule has 1 saturated heterocycles. The molecule has 2 aromatic rings. The summed E-state index contributed by atoms with van der Waals surface area (Å²) in [7, 11) is 0. The summed E-state index contributed by atoms with van der Waals surface area (Å²) in [5.41, 5.74) is -0.0159. The SMILES string of the molecule is CC1CCCN(c2ncnc(NCCc3cccs3)c2[N+](=O)[O-])C1. The first-order chi connectivity index (χ1) is 11.6. The van der Waals surface area contributed by atoms with Crippen LogP contribution in [0, 0.1) is 16.0 Å². The Labute approximate surface area is 144 Å². The quantitative estimate of drug-likeness (QED) is 0.637. The van der Waals surface area contributed by atoms with Gasteiger partial charge in [-0.2, -0.15) is 0 Å². The van der Waals surface area contributed by atoms with E-state index >= 15 is 0 Å². The molecule has 0 saturated carbocycles. The number of hydrogen-bond acceptors (Lipinski definition) is 7. The lowest BCUT2D eigenvalue weighted by Gasteiger charge is -2.31. The molecule has 8 heteroatoms. The molecule has 0 aromatic carbocycles. The maximum Gasteiger partial charge on any atom is 0.353 e. The largest absolute Gasteiger partial charge is 0.364 e. The van der Waals surface area contributed by atoms with Gasteiger partial charge in [0.15, 0.2) is 0 Å². The highest BCUT2D eigenvalue weighted by Crippen LogP contribution is 2.34. The first kappa shape index (κ1) is 16.6. The molecule has 3 rings (SSSR count). The van der Waals surface area contributed by atoms with Gasteiger partial charge in [-0.3, -0.25) is 10.1 Å². The highest BCUT2D eigenvalue weighted by molar-refractivity contribution is 7.09. The Bertz CT molecular complexity index is 692. The standard InChI is InChI=1S/C16H21N5O2S/c1-12-4-2-8-20(10-12)16-14(21(22)23)15(18-11-19-16)17-7-6-13-5-3-9-24-13/h3,5,9,11-12H,2,4,6-8,10H2,1H3,(H,17,18,19). The number of rotatable bonds is 6. The lowest BCUT2D eigenvalue weighted by Crippen LogP contribution is -2.35. The number of nitrogens with one attached hydrogen (secondary N) is 1. The molecule has 128 valence electrons. The van der Waals surface area contributed by atoms with Crippen LogP contribution in [0.1, 0.15) is 24.6 Å². The lowest BCUT2D eigenvalue weighted by molar-refractivity contribution is -0.383. The number of hydrogen-bond donors (Lipinski definition) is 1. The minimum Gasteiger partial charge on any atom is -0.364 e.